The molecule has 58 valence electrons. The Balaban J connectivity index is 2.71. The van der Waals surface area contributed by atoms with Gasteiger partial charge in [0.15, 0.2) is 0 Å². The molecular formula is C6H7N3O2. The van der Waals surface area contributed by atoms with Gasteiger partial charge in [-0.25, -0.2) is 4.79 Å². The maximum Gasteiger partial charge on any atom is 0.328 e. The summed E-state index contributed by atoms with van der Waals surface area (Å²) in [5, 5.41) is 14.4. The molecule has 11 heavy (non-hydrogen) atoms. The van der Waals surface area contributed by atoms with Crippen LogP contribution in [0.15, 0.2) is 12.1 Å². The Morgan fingerprint density at radius 1 is 1.82 bits per heavy atom. The molecule has 0 aromatic carbocycles. The smallest absolute Gasteiger partial charge is 0.328 e. The topological polar surface area (TPSA) is 92.0 Å². The summed E-state index contributed by atoms with van der Waals surface area (Å²) in [7, 11) is 0. The number of nitrogens with one attached hydrogen (secondary N) is 1. The fraction of sp³-hybridized carbons (Fsp3) is 0. The number of nitrogens with two attached hydrogens (primary N) is 1. The number of aliphatic carboxylic acids is 1. The average molecular weight is 153 g/mol. The van der Waals surface area contributed by atoms with Crippen molar-refractivity contribution in [3.8, 4) is 0 Å². The van der Waals surface area contributed by atoms with E-state index in [-0.39, 0.29) is 0 Å². The van der Waals surface area contributed by atoms with Gasteiger partial charge in [0.05, 0.1) is 5.69 Å². The molecule has 5 nitrogen and oxygen atoms in total. The van der Waals surface area contributed by atoms with E-state index in [1.165, 1.54) is 6.08 Å². The molecule has 1 heterocycles. The average Bonchev–Trinajstić information content (AvgIpc) is 2.31. The molecule has 0 bridgehead atoms. The molecule has 0 aliphatic rings. The van der Waals surface area contributed by atoms with Crippen LogP contribution in [0.5, 0.6) is 0 Å². The number of carboxylic acid groups (broad SMARTS) is 1. The highest BCUT2D eigenvalue weighted by atomic mass is 16.4. The van der Waals surface area contributed by atoms with E-state index in [2.05, 4.69) is 10.2 Å². The Kier molecular flexibility index (Phi) is 1.91. The van der Waals surface area contributed by atoms with Gasteiger partial charge in [-0.05, 0) is 6.08 Å². The van der Waals surface area contributed by atoms with Crippen molar-refractivity contribution in [1.82, 2.24) is 10.2 Å². The summed E-state index contributed by atoms with van der Waals surface area (Å²) in [5.74, 6) is -0.659. The highest BCUT2D eigenvalue weighted by molar-refractivity contribution is 5.84. The van der Waals surface area contributed by atoms with E-state index in [1.807, 2.05) is 0 Å². The van der Waals surface area contributed by atoms with E-state index in [0.717, 1.165) is 6.08 Å². The van der Waals surface area contributed by atoms with Gasteiger partial charge in [0, 0.05) is 12.1 Å². The molecule has 0 atom stereocenters. The zero-order chi connectivity index (χ0) is 8.27. The largest absolute Gasteiger partial charge is 0.478 e. The monoisotopic (exact) mass is 153 g/mol. The number of H-pyrrole nitrogens is 1. The fourth-order valence-corrected chi connectivity index (χ4v) is 0.599. The molecule has 0 aliphatic heterocycles. The first-order valence-electron chi connectivity index (χ1n) is 2.90. The third kappa shape index (κ3) is 2.13. The molecule has 0 unspecified atom stereocenters. The van der Waals surface area contributed by atoms with E-state index in [9.17, 15) is 4.79 Å². The van der Waals surface area contributed by atoms with Crippen molar-refractivity contribution in [3.05, 3.63) is 17.8 Å². The van der Waals surface area contributed by atoms with Crippen molar-refractivity contribution in [1.29, 1.82) is 0 Å². The van der Waals surface area contributed by atoms with E-state index in [0.29, 0.717) is 11.5 Å². The molecule has 1 rings (SSSR count). The predicted octanol–water partition coefficient (Wildman–Crippen LogP) is 0.0897. The van der Waals surface area contributed by atoms with Crippen molar-refractivity contribution in [3.63, 3.8) is 0 Å². The minimum absolute atomic E-state index is 0.343. The zero-order valence-electron chi connectivity index (χ0n) is 5.61. The summed E-state index contributed by atoms with van der Waals surface area (Å²) in [6, 6.07) is 1.54. The Hall–Kier alpha value is -1.78. The number of hydrogen-bond acceptors (Lipinski definition) is 3. The Morgan fingerprint density at radius 3 is 3.00 bits per heavy atom. The summed E-state index contributed by atoms with van der Waals surface area (Å²) in [6.07, 6.45) is 2.39. The zero-order valence-corrected chi connectivity index (χ0v) is 5.61. The van der Waals surface area contributed by atoms with Gasteiger partial charge in [0.2, 0.25) is 0 Å². The lowest BCUT2D eigenvalue weighted by atomic mass is 10.4. The molecule has 0 amide bonds. The predicted molar refractivity (Wildman–Crippen MR) is 39.7 cm³/mol. The second-order valence-corrected chi connectivity index (χ2v) is 1.92. The van der Waals surface area contributed by atoms with Crippen LogP contribution in [-0.4, -0.2) is 21.3 Å². The van der Waals surface area contributed by atoms with Crippen LogP contribution >= 0.6 is 0 Å². The summed E-state index contributed by atoms with van der Waals surface area (Å²) in [4.78, 5) is 10.0. The second-order valence-electron chi connectivity index (χ2n) is 1.92. The molecule has 0 saturated heterocycles. The standard InChI is InChI=1S/C6H7N3O2/c7-5-3-4(8-9-5)1-2-6(10)11/h1-3H,(H,10,11)(H3,7,8,9). The number of carboxylic acids is 1. The number of nitrogens with zero attached hydrogens (tertiary/aromatic N) is 1. The first-order chi connectivity index (χ1) is 5.18. The first-order valence-corrected chi connectivity index (χ1v) is 2.90. The van der Waals surface area contributed by atoms with Crippen LogP contribution in [0.2, 0.25) is 0 Å². The van der Waals surface area contributed by atoms with Crippen LogP contribution in [-0.2, 0) is 4.79 Å². The van der Waals surface area contributed by atoms with Crippen LogP contribution in [0.4, 0.5) is 5.82 Å². The fourth-order valence-electron chi connectivity index (χ4n) is 0.599. The minimum Gasteiger partial charge on any atom is -0.478 e. The Morgan fingerprint density at radius 2 is 2.55 bits per heavy atom. The van der Waals surface area contributed by atoms with Crippen molar-refractivity contribution in [2.45, 2.75) is 0 Å². The van der Waals surface area contributed by atoms with Crippen LogP contribution in [0, 0.1) is 0 Å². The minimum atomic E-state index is -1.00. The number of nitrogen functional groups attached to an aromatic ring is 1. The molecule has 0 fully saturated rings. The summed E-state index contributed by atoms with van der Waals surface area (Å²) in [6.45, 7) is 0. The van der Waals surface area contributed by atoms with E-state index in [4.69, 9.17) is 10.8 Å². The van der Waals surface area contributed by atoms with Gasteiger partial charge in [-0.3, -0.25) is 5.10 Å². The van der Waals surface area contributed by atoms with Crippen LogP contribution < -0.4 is 5.73 Å². The summed E-state index contributed by atoms with van der Waals surface area (Å²) >= 11 is 0. The van der Waals surface area contributed by atoms with Gasteiger partial charge in [0.1, 0.15) is 5.82 Å². The van der Waals surface area contributed by atoms with Crippen molar-refractivity contribution in [2.24, 2.45) is 0 Å². The van der Waals surface area contributed by atoms with Gasteiger partial charge in [-0.2, -0.15) is 5.10 Å². The molecule has 0 aliphatic carbocycles. The summed E-state index contributed by atoms with van der Waals surface area (Å²) in [5.41, 5.74) is 5.84. The number of aromatic nitrogens is 2. The quantitative estimate of drug-likeness (QED) is 0.525. The lowest BCUT2D eigenvalue weighted by Gasteiger charge is -1.79. The third-order valence-corrected chi connectivity index (χ3v) is 1.02. The van der Waals surface area contributed by atoms with Crippen LogP contribution in [0.25, 0.3) is 6.08 Å². The van der Waals surface area contributed by atoms with E-state index >= 15 is 0 Å². The Labute approximate surface area is 62.5 Å². The number of carbonyl (C=O) groups is 1. The number of hydrogen-bond donors (Lipinski definition) is 3. The highest BCUT2D eigenvalue weighted by Gasteiger charge is 1.92. The molecular weight excluding hydrogens is 146 g/mol. The van der Waals surface area contributed by atoms with E-state index in [1.54, 1.807) is 6.07 Å². The third-order valence-electron chi connectivity index (χ3n) is 1.02. The molecule has 4 N–H and O–H groups in total. The van der Waals surface area contributed by atoms with Gasteiger partial charge < -0.3 is 10.8 Å². The van der Waals surface area contributed by atoms with Gasteiger partial charge in [-0.15, -0.1) is 0 Å². The van der Waals surface area contributed by atoms with Gasteiger partial charge in [0.25, 0.3) is 0 Å². The second kappa shape index (κ2) is 2.87. The number of anilines is 1. The van der Waals surface area contributed by atoms with Gasteiger partial charge in [-0.1, -0.05) is 0 Å². The molecule has 1 aromatic rings. The van der Waals surface area contributed by atoms with Crippen molar-refractivity contribution < 1.29 is 9.90 Å². The maximum atomic E-state index is 10.0. The van der Waals surface area contributed by atoms with Crippen molar-refractivity contribution >= 4 is 17.9 Å². The van der Waals surface area contributed by atoms with E-state index < -0.39 is 5.97 Å². The SMILES string of the molecule is Nc1cc(C=CC(=O)O)[nH]n1. The lowest BCUT2D eigenvalue weighted by molar-refractivity contribution is -0.131. The molecule has 5 heteroatoms. The maximum absolute atomic E-state index is 10.0. The Bertz CT molecular complexity index is 290. The number of aromatic amines is 1. The normalized spacial score (nSPS) is 10.5. The van der Waals surface area contributed by atoms with Gasteiger partial charge >= 0.3 is 5.97 Å². The van der Waals surface area contributed by atoms with Crippen LogP contribution in [0.1, 0.15) is 5.69 Å². The summed E-state index contributed by atoms with van der Waals surface area (Å²) < 4.78 is 0. The highest BCUT2D eigenvalue weighted by Crippen LogP contribution is 2.01. The molecule has 0 saturated carbocycles. The lowest BCUT2D eigenvalue weighted by Crippen LogP contribution is -1.85. The van der Waals surface area contributed by atoms with Crippen molar-refractivity contribution in [2.75, 3.05) is 5.73 Å². The first kappa shape index (κ1) is 7.33. The molecule has 0 radical (unpaired) electrons. The molecule has 0 spiro atoms. The molecule has 1 aromatic heterocycles. The van der Waals surface area contributed by atoms with Crippen LogP contribution in [0.3, 0.4) is 0 Å². The number of rotatable bonds is 2.